The van der Waals surface area contributed by atoms with E-state index in [1.807, 2.05) is 0 Å². The lowest BCUT2D eigenvalue weighted by Gasteiger charge is -2.18. The monoisotopic (exact) mass is 309 g/mol. The van der Waals surface area contributed by atoms with E-state index in [2.05, 4.69) is 20.0 Å². The predicted octanol–water partition coefficient (Wildman–Crippen LogP) is 2.82. The van der Waals surface area contributed by atoms with E-state index in [0.717, 1.165) is 11.3 Å². The van der Waals surface area contributed by atoms with Crippen molar-refractivity contribution in [1.82, 2.24) is 9.97 Å². The Morgan fingerprint density at radius 3 is 2.57 bits per heavy atom. The zero-order valence-electron chi connectivity index (χ0n) is 12.1. The summed E-state index contributed by atoms with van der Waals surface area (Å²) < 4.78 is 9.74. The van der Waals surface area contributed by atoms with Crippen molar-refractivity contribution in [1.29, 1.82) is 0 Å². The van der Waals surface area contributed by atoms with Crippen LogP contribution < -0.4 is 5.32 Å². The summed E-state index contributed by atoms with van der Waals surface area (Å²) in [6.07, 6.45) is -0.588. The van der Waals surface area contributed by atoms with Crippen LogP contribution in [0.4, 0.5) is 9.93 Å². The minimum absolute atomic E-state index is 0.192. The van der Waals surface area contributed by atoms with Crippen LogP contribution in [0.15, 0.2) is 12.1 Å². The lowest BCUT2D eigenvalue weighted by atomic mass is 10.2. The summed E-state index contributed by atoms with van der Waals surface area (Å²) in [5.74, 6) is -0.521. The van der Waals surface area contributed by atoms with E-state index in [1.54, 1.807) is 26.8 Å². The van der Waals surface area contributed by atoms with Gasteiger partial charge in [0.05, 0.1) is 7.11 Å². The Kier molecular flexibility index (Phi) is 4.08. The quantitative estimate of drug-likeness (QED) is 0.858. The van der Waals surface area contributed by atoms with Gasteiger partial charge < -0.3 is 9.47 Å². The van der Waals surface area contributed by atoms with E-state index in [-0.39, 0.29) is 5.69 Å². The number of fused-ring (bicyclic) bond motifs is 1. The second-order valence-corrected chi connectivity index (χ2v) is 6.14. The number of hydrogen-bond acceptors (Lipinski definition) is 7. The van der Waals surface area contributed by atoms with E-state index >= 15 is 0 Å². The molecule has 0 saturated carbocycles. The number of carbonyl (C=O) groups is 2. The van der Waals surface area contributed by atoms with Crippen LogP contribution in [0.1, 0.15) is 31.3 Å². The molecule has 0 aliphatic carbocycles. The first kappa shape index (κ1) is 15.2. The fraction of sp³-hybridized carbons (Fsp3) is 0.385. The number of amides is 1. The van der Waals surface area contributed by atoms with Crippen molar-refractivity contribution in [3.05, 3.63) is 17.8 Å². The number of rotatable bonds is 2. The van der Waals surface area contributed by atoms with E-state index in [0.29, 0.717) is 15.5 Å². The molecular formula is C13H15N3O4S. The van der Waals surface area contributed by atoms with Gasteiger partial charge in [-0.1, -0.05) is 11.3 Å². The second kappa shape index (κ2) is 5.65. The third-order valence-corrected chi connectivity index (χ3v) is 3.14. The Hall–Kier alpha value is -2.22. The first-order valence-electron chi connectivity index (χ1n) is 6.14. The molecule has 0 saturated heterocycles. The molecule has 0 aromatic carbocycles. The molecule has 2 heterocycles. The number of nitrogens with zero attached hydrogens (tertiary/aromatic N) is 2. The van der Waals surface area contributed by atoms with Gasteiger partial charge in [-0.2, -0.15) is 0 Å². The molecule has 0 radical (unpaired) electrons. The van der Waals surface area contributed by atoms with Crippen LogP contribution in [-0.4, -0.2) is 34.7 Å². The SMILES string of the molecule is COC(=O)c1ccc2nc(NC(=O)OC(C)(C)C)sc2n1. The van der Waals surface area contributed by atoms with Crippen LogP contribution in [0.25, 0.3) is 10.3 Å². The van der Waals surface area contributed by atoms with Crippen molar-refractivity contribution in [2.24, 2.45) is 0 Å². The Morgan fingerprint density at radius 1 is 1.24 bits per heavy atom. The first-order valence-corrected chi connectivity index (χ1v) is 6.96. The number of thiazole rings is 1. The number of pyridine rings is 1. The summed E-state index contributed by atoms with van der Waals surface area (Å²) in [6.45, 7) is 5.32. The lowest BCUT2D eigenvalue weighted by Crippen LogP contribution is -2.27. The summed E-state index contributed by atoms with van der Waals surface area (Å²) in [6, 6.07) is 3.16. The maximum atomic E-state index is 11.7. The smallest absolute Gasteiger partial charge is 0.413 e. The third-order valence-electron chi connectivity index (χ3n) is 2.26. The fourth-order valence-electron chi connectivity index (χ4n) is 1.48. The van der Waals surface area contributed by atoms with Crippen molar-refractivity contribution in [2.75, 3.05) is 12.4 Å². The van der Waals surface area contributed by atoms with Gasteiger partial charge in [0.25, 0.3) is 0 Å². The number of aromatic nitrogens is 2. The van der Waals surface area contributed by atoms with Crippen LogP contribution >= 0.6 is 11.3 Å². The molecule has 0 aliphatic rings. The first-order chi connectivity index (χ1) is 9.78. The number of carbonyl (C=O) groups excluding carboxylic acids is 2. The molecule has 2 aromatic heterocycles. The molecule has 2 aromatic rings. The van der Waals surface area contributed by atoms with Crippen LogP contribution in [0.5, 0.6) is 0 Å². The van der Waals surface area contributed by atoms with Crippen molar-refractivity contribution in [3.8, 4) is 0 Å². The number of anilines is 1. The zero-order chi connectivity index (χ0) is 15.6. The molecule has 8 heteroatoms. The van der Waals surface area contributed by atoms with Crippen molar-refractivity contribution < 1.29 is 19.1 Å². The van der Waals surface area contributed by atoms with Gasteiger partial charge in [0.2, 0.25) is 0 Å². The minimum atomic E-state index is -0.588. The Morgan fingerprint density at radius 2 is 1.95 bits per heavy atom. The maximum absolute atomic E-state index is 11.7. The molecular weight excluding hydrogens is 294 g/mol. The van der Waals surface area contributed by atoms with Gasteiger partial charge in [-0.05, 0) is 32.9 Å². The molecule has 0 bridgehead atoms. The summed E-state index contributed by atoms with van der Waals surface area (Å²) in [5.41, 5.74) is 0.188. The zero-order valence-corrected chi connectivity index (χ0v) is 12.9. The standard InChI is InChI=1S/C13H15N3O4S/c1-13(2,3)20-12(18)16-11-15-7-5-6-8(10(17)19-4)14-9(7)21-11/h5-6H,1-4H3,(H,15,16,18). The van der Waals surface area contributed by atoms with Gasteiger partial charge >= 0.3 is 12.1 Å². The molecule has 2 rings (SSSR count). The molecule has 0 fully saturated rings. The van der Waals surface area contributed by atoms with Crippen LogP contribution in [0, 0.1) is 0 Å². The van der Waals surface area contributed by atoms with Gasteiger partial charge in [-0.15, -0.1) is 0 Å². The highest BCUT2D eigenvalue weighted by atomic mass is 32.1. The average molecular weight is 309 g/mol. The van der Waals surface area contributed by atoms with Crippen molar-refractivity contribution in [2.45, 2.75) is 26.4 Å². The Labute approximate surface area is 125 Å². The van der Waals surface area contributed by atoms with Gasteiger partial charge in [-0.3, -0.25) is 5.32 Å². The molecule has 112 valence electrons. The van der Waals surface area contributed by atoms with Crippen LogP contribution in [0.3, 0.4) is 0 Å². The van der Waals surface area contributed by atoms with E-state index in [4.69, 9.17) is 4.74 Å². The Balaban J connectivity index is 2.19. The highest BCUT2D eigenvalue weighted by Crippen LogP contribution is 2.25. The van der Waals surface area contributed by atoms with Gasteiger partial charge in [-0.25, -0.2) is 19.6 Å². The molecule has 7 nitrogen and oxygen atoms in total. The maximum Gasteiger partial charge on any atom is 0.413 e. The molecule has 21 heavy (non-hydrogen) atoms. The molecule has 1 amide bonds. The van der Waals surface area contributed by atoms with Crippen molar-refractivity contribution in [3.63, 3.8) is 0 Å². The van der Waals surface area contributed by atoms with Crippen LogP contribution in [-0.2, 0) is 9.47 Å². The summed E-state index contributed by atoms with van der Waals surface area (Å²) in [7, 11) is 1.29. The predicted molar refractivity (Wildman–Crippen MR) is 78.6 cm³/mol. The van der Waals surface area contributed by atoms with E-state index < -0.39 is 17.7 Å². The topological polar surface area (TPSA) is 90.4 Å². The summed E-state index contributed by atoms with van der Waals surface area (Å²) in [4.78, 5) is 31.9. The molecule has 0 unspecified atom stereocenters. The highest BCUT2D eigenvalue weighted by molar-refractivity contribution is 7.21. The molecule has 0 spiro atoms. The molecule has 0 atom stereocenters. The number of hydrogen-bond donors (Lipinski definition) is 1. The number of esters is 1. The minimum Gasteiger partial charge on any atom is -0.464 e. The Bertz CT molecular complexity index is 690. The highest BCUT2D eigenvalue weighted by Gasteiger charge is 2.18. The van der Waals surface area contributed by atoms with E-state index in [1.165, 1.54) is 13.2 Å². The number of methoxy groups -OCH3 is 1. The average Bonchev–Trinajstić information content (AvgIpc) is 2.76. The number of ether oxygens (including phenoxy) is 2. The summed E-state index contributed by atoms with van der Waals surface area (Å²) >= 11 is 1.15. The van der Waals surface area contributed by atoms with Crippen LogP contribution in [0.2, 0.25) is 0 Å². The third kappa shape index (κ3) is 3.88. The molecule has 1 N–H and O–H groups in total. The normalized spacial score (nSPS) is 11.2. The largest absolute Gasteiger partial charge is 0.464 e. The fourth-order valence-corrected chi connectivity index (χ4v) is 2.30. The van der Waals surface area contributed by atoms with Gasteiger partial charge in [0.15, 0.2) is 5.13 Å². The van der Waals surface area contributed by atoms with Gasteiger partial charge in [0, 0.05) is 0 Å². The van der Waals surface area contributed by atoms with E-state index in [9.17, 15) is 9.59 Å². The number of nitrogens with one attached hydrogen (secondary N) is 1. The molecule has 0 aliphatic heterocycles. The van der Waals surface area contributed by atoms with Crippen molar-refractivity contribution >= 4 is 38.9 Å². The van der Waals surface area contributed by atoms with Gasteiger partial charge in [0.1, 0.15) is 21.6 Å². The lowest BCUT2D eigenvalue weighted by molar-refractivity contribution is 0.0592. The second-order valence-electron chi connectivity index (χ2n) is 5.16. The summed E-state index contributed by atoms with van der Waals surface area (Å²) in [5, 5.41) is 2.90.